The van der Waals surface area contributed by atoms with Crippen molar-refractivity contribution in [3.05, 3.63) is 11.9 Å². The van der Waals surface area contributed by atoms with Gasteiger partial charge in [-0.3, -0.25) is 10.1 Å². The maximum Gasteiger partial charge on any atom is 0.434 e. The fourth-order valence-corrected chi connectivity index (χ4v) is 2.70. The summed E-state index contributed by atoms with van der Waals surface area (Å²) in [6, 6.07) is -0.592. The summed E-state index contributed by atoms with van der Waals surface area (Å²) in [5.41, 5.74) is -1.08. The Labute approximate surface area is 162 Å². The number of hydrogen-bond acceptors (Lipinski definition) is 3. The lowest BCUT2D eigenvalue weighted by Crippen LogP contribution is -2.30. The van der Waals surface area contributed by atoms with Crippen LogP contribution in [-0.4, -0.2) is 33.6 Å². The third-order valence-electron chi connectivity index (χ3n) is 4.20. The molecule has 0 aliphatic heterocycles. The Kier molecular flexibility index (Phi) is 11.0. The highest BCUT2D eigenvalue weighted by Gasteiger charge is 2.33. The molecule has 1 heterocycles. The highest BCUT2D eigenvalue weighted by atomic mass is 19.4. The van der Waals surface area contributed by atoms with Crippen LogP contribution in [0.2, 0.25) is 0 Å². The number of carboxylic acid groups (broad SMARTS) is 1. The van der Waals surface area contributed by atoms with Crippen molar-refractivity contribution >= 4 is 17.9 Å². The molecule has 0 radical (unpaired) electrons. The van der Waals surface area contributed by atoms with Crippen LogP contribution >= 0.6 is 0 Å². The second-order valence-corrected chi connectivity index (χ2v) is 6.69. The number of nitrogens with zero attached hydrogens (tertiary/aromatic N) is 1. The number of nitrogens with one attached hydrogen (secondary N) is 3. The third kappa shape index (κ3) is 11.5. The molecule has 1 aromatic rings. The van der Waals surface area contributed by atoms with E-state index in [2.05, 4.69) is 20.6 Å². The van der Waals surface area contributed by atoms with Gasteiger partial charge in [0, 0.05) is 19.2 Å². The average Bonchev–Trinajstić information content (AvgIpc) is 3.07. The zero-order valence-electron chi connectivity index (χ0n) is 15.9. The van der Waals surface area contributed by atoms with Gasteiger partial charge in [0.1, 0.15) is 0 Å². The van der Waals surface area contributed by atoms with Crippen molar-refractivity contribution in [2.45, 2.75) is 76.8 Å². The maximum atomic E-state index is 12.4. The van der Waals surface area contributed by atoms with Crippen LogP contribution in [0.25, 0.3) is 0 Å². The van der Waals surface area contributed by atoms with E-state index in [1.54, 1.807) is 0 Å². The Morgan fingerprint density at radius 3 is 2.00 bits per heavy atom. The molecule has 160 valence electrons. The molecule has 28 heavy (non-hydrogen) atoms. The second kappa shape index (κ2) is 13.0. The fraction of sp³-hybridized carbons (Fsp3) is 0.722. The van der Waals surface area contributed by atoms with E-state index in [9.17, 15) is 22.8 Å². The van der Waals surface area contributed by atoms with Crippen molar-refractivity contribution < 1.29 is 27.9 Å². The van der Waals surface area contributed by atoms with Gasteiger partial charge in [-0.2, -0.15) is 13.2 Å². The number of urea groups is 1. The predicted molar refractivity (Wildman–Crippen MR) is 99.0 cm³/mol. The zero-order valence-corrected chi connectivity index (χ0v) is 15.9. The molecule has 10 heteroatoms. The molecular formula is C18H29F3N4O3. The van der Waals surface area contributed by atoms with Crippen LogP contribution in [0.1, 0.15) is 76.3 Å². The van der Waals surface area contributed by atoms with Gasteiger partial charge in [-0.05, 0) is 12.8 Å². The molecule has 0 atom stereocenters. The van der Waals surface area contributed by atoms with Gasteiger partial charge < -0.3 is 15.4 Å². The van der Waals surface area contributed by atoms with Gasteiger partial charge in [-0.25, -0.2) is 9.78 Å². The monoisotopic (exact) mass is 406 g/mol. The van der Waals surface area contributed by atoms with Crippen LogP contribution in [0.15, 0.2) is 6.20 Å². The summed E-state index contributed by atoms with van der Waals surface area (Å²) >= 11 is 0. The highest BCUT2D eigenvalue weighted by molar-refractivity contribution is 5.87. The number of aliphatic carboxylic acids is 1. The number of hydrogen-bond donors (Lipinski definition) is 4. The van der Waals surface area contributed by atoms with Crippen molar-refractivity contribution in [3.8, 4) is 0 Å². The average molecular weight is 406 g/mol. The topological polar surface area (TPSA) is 107 Å². The van der Waals surface area contributed by atoms with Crippen LogP contribution in [0.3, 0.4) is 0 Å². The Bertz CT molecular complexity index is 591. The Balaban J connectivity index is 1.92. The highest BCUT2D eigenvalue weighted by Crippen LogP contribution is 2.27. The molecule has 0 aliphatic carbocycles. The number of amides is 2. The molecule has 0 bridgehead atoms. The quantitative estimate of drug-likeness (QED) is 0.329. The number of imidazole rings is 1. The van der Waals surface area contributed by atoms with Gasteiger partial charge in [0.25, 0.3) is 0 Å². The first-order valence-corrected chi connectivity index (χ1v) is 9.68. The normalized spacial score (nSPS) is 11.4. The molecule has 1 rings (SSSR count). The third-order valence-corrected chi connectivity index (χ3v) is 4.20. The number of H-pyrrole nitrogens is 1. The largest absolute Gasteiger partial charge is 0.481 e. The van der Waals surface area contributed by atoms with Crippen molar-refractivity contribution in [2.24, 2.45) is 0 Å². The van der Waals surface area contributed by atoms with E-state index in [0.717, 1.165) is 64.2 Å². The molecular weight excluding hydrogens is 377 g/mol. The van der Waals surface area contributed by atoms with Gasteiger partial charge >= 0.3 is 18.2 Å². The smallest absolute Gasteiger partial charge is 0.434 e. The van der Waals surface area contributed by atoms with Gasteiger partial charge in [0.05, 0.1) is 0 Å². The first-order valence-electron chi connectivity index (χ1n) is 9.68. The van der Waals surface area contributed by atoms with Crippen LogP contribution in [-0.2, 0) is 11.0 Å². The van der Waals surface area contributed by atoms with Gasteiger partial charge in [0.15, 0.2) is 5.69 Å². The van der Waals surface area contributed by atoms with Crippen LogP contribution in [0.4, 0.5) is 23.9 Å². The van der Waals surface area contributed by atoms with Gasteiger partial charge in [-0.15, -0.1) is 0 Å². The molecule has 2 amide bonds. The lowest BCUT2D eigenvalue weighted by atomic mass is 10.1. The molecule has 1 aromatic heterocycles. The van der Waals surface area contributed by atoms with Gasteiger partial charge in [-0.1, -0.05) is 51.4 Å². The van der Waals surface area contributed by atoms with E-state index in [1.807, 2.05) is 0 Å². The molecule has 0 aliphatic rings. The van der Waals surface area contributed by atoms with E-state index in [4.69, 9.17) is 5.11 Å². The number of carbonyl (C=O) groups excluding carboxylic acids is 1. The predicted octanol–water partition coefficient (Wildman–Crippen LogP) is 4.93. The summed E-state index contributed by atoms with van der Waals surface area (Å²) in [5, 5.41) is 13.3. The number of rotatable bonds is 14. The summed E-state index contributed by atoms with van der Waals surface area (Å²) in [4.78, 5) is 27.5. The van der Waals surface area contributed by atoms with E-state index < -0.39 is 23.9 Å². The minimum atomic E-state index is -4.55. The molecule has 0 fully saturated rings. The second-order valence-electron chi connectivity index (χ2n) is 6.69. The van der Waals surface area contributed by atoms with Gasteiger partial charge in [0.2, 0.25) is 5.95 Å². The Morgan fingerprint density at radius 2 is 1.50 bits per heavy atom. The number of aromatic nitrogens is 2. The summed E-state index contributed by atoms with van der Waals surface area (Å²) in [6.45, 7) is 0.447. The van der Waals surface area contributed by atoms with Crippen molar-refractivity contribution in [1.82, 2.24) is 15.3 Å². The fourth-order valence-electron chi connectivity index (χ4n) is 2.70. The number of carbonyl (C=O) groups is 2. The zero-order chi connectivity index (χ0) is 20.8. The van der Waals surface area contributed by atoms with Crippen molar-refractivity contribution in [2.75, 3.05) is 11.9 Å². The van der Waals surface area contributed by atoms with E-state index in [1.165, 1.54) is 0 Å². The molecule has 4 N–H and O–H groups in total. The van der Waals surface area contributed by atoms with Crippen LogP contribution < -0.4 is 10.6 Å². The van der Waals surface area contributed by atoms with Crippen molar-refractivity contribution in [3.63, 3.8) is 0 Å². The van der Waals surface area contributed by atoms with E-state index in [-0.39, 0.29) is 12.4 Å². The lowest BCUT2D eigenvalue weighted by molar-refractivity contribution is -0.141. The standard InChI is InChI=1S/C18H29F3N4O3/c19-18(20,21)14-13-23-16(24-14)25-17(28)22-12-10-8-6-4-2-1-3-5-7-9-11-15(26)27/h13H,1-12H2,(H,26,27)(H3,22,23,24,25,28). The number of anilines is 1. The molecule has 0 aromatic carbocycles. The Morgan fingerprint density at radius 1 is 0.964 bits per heavy atom. The lowest BCUT2D eigenvalue weighted by Gasteiger charge is -2.06. The van der Waals surface area contributed by atoms with Crippen molar-refractivity contribution in [1.29, 1.82) is 0 Å². The molecule has 0 saturated heterocycles. The SMILES string of the molecule is O=C(O)CCCCCCCCCCCCNC(=O)Nc1nc(C(F)(F)F)c[nH]1. The summed E-state index contributed by atoms with van der Waals surface area (Å²) < 4.78 is 37.2. The molecule has 0 spiro atoms. The molecule has 0 unspecified atom stereocenters. The number of alkyl halides is 3. The summed E-state index contributed by atoms with van der Waals surface area (Å²) in [6.07, 6.45) is 6.58. The number of aromatic amines is 1. The summed E-state index contributed by atoms with van der Waals surface area (Å²) in [5.74, 6) is -0.976. The van der Waals surface area contributed by atoms with Crippen LogP contribution in [0.5, 0.6) is 0 Å². The van der Waals surface area contributed by atoms with Crippen LogP contribution in [0, 0.1) is 0 Å². The number of carboxylic acids is 1. The van der Waals surface area contributed by atoms with E-state index >= 15 is 0 Å². The Hall–Kier alpha value is -2.26. The minimum absolute atomic E-state index is 0.243. The minimum Gasteiger partial charge on any atom is -0.481 e. The van der Waals surface area contributed by atoms with E-state index in [0.29, 0.717) is 12.7 Å². The first kappa shape index (κ1) is 23.8. The molecule has 0 saturated carbocycles. The number of halogens is 3. The summed E-state index contributed by atoms with van der Waals surface area (Å²) in [7, 11) is 0. The first-order chi connectivity index (χ1) is 13.3. The number of unbranched alkanes of at least 4 members (excludes halogenated alkanes) is 9. The molecule has 7 nitrogen and oxygen atoms in total. The maximum absolute atomic E-state index is 12.4.